The summed E-state index contributed by atoms with van der Waals surface area (Å²) in [4.78, 5) is 15.1. The summed E-state index contributed by atoms with van der Waals surface area (Å²) in [6.45, 7) is 0.836. The number of hydrogen-bond donors (Lipinski definition) is 1. The summed E-state index contributed by atoms with van der Waals surface area (Å²) in [7, 11) is 1.79. The van der Waals surface area contributed by atoms with E-state index in [-0.39, 0.29) is 12.2 Å². The molecule has 0 aromatic rings. The molecule has 0 radical (unpaired) electrons. The van der Waals surface area contributed by atoms with Gasteiger partial charge >= 0.3 is 0 Å². The number of hydrogen-bond acceptors (Lipinski definition) is 3. The molecule has 2 heterocycles. The maximum atomic E-state index is 11.5. The van der Waals surface area contributed by atoms with Gasteiger partial charge in [0.2, 0.25) is 5.91 Å². The van der Waals surface area contributed by atoms with Gasteiger partial charge in [0.25, 0.3) is 0 Å². The summed E-state index contributed by atoms with van der Waals surface area (Å²) in [6.07, 6.45) is 3.13. The lowest BCUT2D eigenvalue weighted by Crippen LogP contribution is -2.49. The van der Waals surface area contributed by atoms with Crippen molar-refractivity contribution in [1.29, 1.82) is 0 Å². The smallest absolute Gasteiger partial charge is 0.225 e. The molecular weight excluding hydrogens is 190 g/mol. The van der Waals surface area contributed by atoms with Gasteiger partial charge in [-0.25, -0.2) is 0 Å². The summed E-state index contributed by atoms with van der Waals surface area (Å²) < 4.78 is 0. The summed E-state index contributed by atoms with van der Waals surface area (Å²) in [5.41, 5.74) is 0. The fourth-order valence-electron chi connectivity index (χ4n) is 1.70. The van der Waals surface area contributed by atoms with Crippen LogP contribution in [0, 0.1) is 0 Å². The molecule has 2 aliphatic heterocycles. The minimum Gasteiger partial charge on any atom is -0.352 e. The predicted molar refractivity (Wildman–Crippen MR) is 49.6 cm³/mol. The maximum absolute atomic E-state index is 11.5. The van der Waals surface area contributed by atoms with E-state index in [4.69, 9.17) is 11.6 Å². The standard InChI is InChI=1S/C8H12ClN3O/c1-11-7(13)3-2-4-12-6(9)5-10-8(11)12/h5,8,10H,2-4H2,1H3. The SMILES string of the molecule is CN1C(=O)CCCN2C(Cl)=CNC12. The van der Waals surface area contributed by atoms with Crippen LogP contribution in [0.3, 0.4) is 0 Å². The molecule has 1 unspecified atom stereocenters. The normalized spacial score (nSPS) is 28.0. The molecule has 1 saturated heterocycles. The number of rotatable bonds is 0. The number of fused-ring (bicyclic) bond motifs is 1. The molecule has 1 atom stereocenters. The Morgan fingerprint density at radius 2 is 2.46 bits per heavy atom. The number of halogens is 1. The van der Waals surface area contributed by atoms with Gasteiger partial charge in [-0.3, -0.25) is 4.79 Å². The van der Waals surface area contributed by atoms with E-state index in [0.29, 0.717) is 11.6 Å². The number of carbonyl (C=O) groups is 1. The zero-order valence-electron chi connectivity index (χ0n) is 7.46. The molecule has 2 aliphatic rings. The minimum atomic E-state index is -0.0810. The van der Waals surface area contributed by atoms with E-state index in [1.54, 1.807) is 18.1 Å². The molecule has 4 nitrogen and oxygen atoms in total. The van der Waals surface area contributed by atoms with Crippen LogP contribution in [0.4, 0.5) is 0 Å². The summed E-state index contributed by atoms with van der Waals surface area (Å²) in [5, 5.41) is 3.75. The third-order valence-electron chi connectivity index (χ3n) is 2.47. The molecule has 0 aromatic carbocycles. The van der Waals surface area contributed by atoms with Crippen molar-refractivity contribution < 1.29 is 4.79 Å². The van der Waals surface area contributed by atoms with Gasteiger partial charge in [0, 0.05) is 26.2 Å². The zero-order valence-corrected chi connectivity index (χ0v) is 8.21. The van der Waals surface area contributed by atoms with E-state index in [9.17, 15) is 4.79 Å². The maximum Gasteiger partial charge on any atom is 0.225 e. The first-order valence-corrected chi connectivity index (χ1v) is 4.72. The van der Waals surface area contributed by atoms with Gasteiger partial charge in [-0.15, -0.1) is 0 Å². The molecule has 72 valence electrons. The largest absolute Gasteiger partial charge is 0.352 e. The van der Waals surface area contributed by atoms with Crippen molar-refractivity contribution in [2.24, 2.45) is 0 Å². The van der Waals surface area contributed by atoms with Crippen LogP contribution >= 0.6 is 11.6 Å². The lowest BCUT2D eigenvalue weighted by Gasteiger charge is -2.30. The second-order valence-electron chi connectivity index (χ2n) is 3.31. The van der Waals surface area contributed by atoms with Gasteiger partial charge in [0.15, 0.2) is 6.29 Å². The van der Waals surface area contributed by atoms with Crippen LogP contribution in [0.2, 0.25) is 0 Å². The molecule has 0 saturated carbocycles. The number of nitrogens with zero attached hydrogens (tertiary/aromatic N) is 2. The van der Waals surface area contributed by atoms with E-state index >= 15 is 0 Å². The molecular formula is C8H12ClN3O. The highest BCUT2D eigenvalue weighted by Crippen LogP contribution is 2.23. The van der Waals surface area contributed by atoms with Crippen LogP contribution < -0.4 is 5.32 Å². The number of carbonyl (C=O) groups excluding carboxylic acids is 1. The lowest BCUT2D eigenvalue weighted by molar-refractivity contribution is -0.133. The topological polar surface area (TPSA) is 35.6 Å². The molecule has 0 bridgehead atoms. The molecule has 1 N–H and O–H groups in total. The zero-order chi connectivity index (χ0) is 9.42. The van der Waals surface area contributed by atoms with Crippen LogP contribution in [0.25, 0.3) is 0 Å². The first-order chi connectivity index (χ1) is 6.20. The van der Waals surface area contributed by atoms with Crippen LogP contribution in [0.15, 0.2) is 11.4 Å². The van der Waals surface area contributed by atoms with Crippen molar-refractivity contribution in [1.82, 2.24) is 15.1 Å². The molecule has 2 rings (SSSR count). The Morgan fingerprint density at radius 1 is 1.69 bits per heavy atom. The Bertz CT molecular complexity index is 266. The summed E-state index contributed by atoms with van der Waals surface area (Å²) in [5.74, 6) is 0.166. The van der Waals surface area contributed by atoms with E-state index < -0.39 is 0 Å². The average Bonchev–Trinajstić information content (AvgIpc) is 2.40. The Balaban J connectivity index is 2.20. The highest BCUT2D eigenvalue weighted by Gasteiger charge is 2.32. The summed E-state index contributed by atoms with van der Waals surface area (Å²) in [6, 6.07) is 0. The highest BCUT2D eigenvalue weighted by molar-refractivity contribution is 6.29. The lowest BCUT2D eigenvalue weighted by atomic mass is 10.3. The molecule has 1 fully saturated rings. The highest BCUT2D eigenvalue weighted by atomic mass is 35.5. The Morgan fingerprint density at radius 3 is 3.23 bits per heavy atom. The van der Waals surface area contributed by atoms with Gasteiger partial charge < -0.3 is 15.1 Å². The number of nitrogens with one attached hydrogen (secondary N) is 1. The predicted octanol–water partition coefficient (Wildman–Crippen LogP) is 0.465. The van der Waals surface area contributed by atoms with Crippen molar-refractivity contribution >= 4 is 17.5 Å². The van der Waals surface area contributed by atoms with Crippen molar-refractivity contribution in [3.05, 3.63) is 11.4 Å². The molecule has 5 heteroatoms. The van der Waals surface area contributed by atoms with Gasteiger partial charge in [-0.2, -0.15) is 0 Å². The minimum absolute atomic E-state index is 0.0810. The van der Waals surface area contributed by atoms with Crippen LogP contribution in [0.5, 0.6) is 0 Å². The Labute approximate surface area is 82.1 Å². The van der Waals surface area contributed by atoms with Crippen molar-refractivity contribution in [2.45, 2.75) is 19.1 Å². The Kier molecular flexibility index (Phi) is 2.07. The molecule has 0 spiro atoms. The van der Waals surface area contributed by atoms with E-state index in [2.05, 4.69) is 5.32 Å². The van der Waals surface area contributed by atoms with E-state index in [1.165, 1.54) is 0 Å². The van der Waals surface area contributed by atoms with Gasteiger partial charge in [0.05, 0.1) is 0 Å². The van der Waals surface area contributed by atoms with Crippen LogP contribution in [0.1, 0.15) is 12.8 Å². The Hall–Kier alpha value is -0.900. The quantitative estimate of drug-likeness (QED) is 0.579. The van der Waals surface area contributed by atoms with Gasteiger partial charge in [0.1, 0.15) is 5.16 Å². The molecule has 0 aliphatic carbocycles. The van der Waals surface area contributed by atoms with E-state index in [1.807, 2.05) is 4.90 Å². The second-order valence-corrected chi connectivity index (χ2v) is 3.70. The molecule has 0 aromatic heterocycles. The molecule has 1 amide bonds. The first-order valence-electron chi connectivity index (χ1n) is 4.34. The monoisotopic (exact) mass is 201 g/mol. The van der Waals surface area contributed by atoms with Gasteiger partial charge in [-0.05, 0) is 6.42 Å². The average molecular weight is 202 g/mol. The molecule has 13 heavy (non-hydrogen) atoms. The first kappa shape index (κ1) is 8.69. The van der Waals surface area contributed by atoms with Crippen molar-refractivity contribution in [3.8, 4) is 0 Å². The van der Waals surface area contributed by atoms with E-state index in [0.717, 1.165) is 13.0 Å². The number of amides is 1. The van der Waals surface area contributed by atoms with Crippen molar-refractivity contribution in [3.63, 3.8) is 0 Å². The second kappa shape index (κ2) is 3.10. The third-order valence-corrected chi connectivity index (χ3v) is 2.80. The summed E-state index contributed by atoms with van der Waals surface area (Å²) >= 11 is 5.96. The van der Waals surface area contributed by atoms with Crippen LogP contribution in [-0.2, 0) is 4.79 Å². The fourth-order valence-corrected chi connectivity index (χ4v) is 1.94. The van der Waals surface area contributed by atoms with Gasteiger partial charge in [-0.1, -0.05) is 11.6 Å². The van der Waals surface area contributed by atoms with Crippen LogP contribution in [-0.4, -0.2) is 35.6 Å². The fraction of sp³-hybridized carbons (Fsp3) is 0.625. The third kappa shape index (κ3) is 1.35. The van der Waals surface area contributed by atoms with Crippen molar-refractivity contribution in [2.75, 3.05) is 13.6 Å².